The molecule has 27 heavy (non-hydrogen) atoms. The van der Waals surface area contributed by atoms with Crippen molar-refractivity contribution in [2.45, 2.75) is 32.6 Å². The van der Waals surface area contributed by atoms with E-state index in [-0.39, 0.29) is 18.2 Å². The van der Waals surface area contributed by atoms with E-state index in [1.807, 2.05) is 25.3 Å². The number of hydrogen-bond donors (Lipinski definition) is 1. The summed E-state index contributed by atoms with van der Waals surface area (Å²) in [6.45, 7) is 3.94. The van der Waals surface area contributed by atoms with Crippen LogP contribution >= 0.6 is 22.9 Å². The van der Waals surface area contributed by atoms with Crippen LogP contribution in [0.25, 0.3) is 11.3 Å². The summed E-state index contributed by atoms with van der Waals surface area (Å²) in [7, 11) is 1.56. The van der Waals surface area contributed by atoms with Crippen LogP contribution in [-0.4, -0.2) is 28.2 Å². The lowest BCUT2D eigenvalue weighted by atomic mass is 10.2. The zero-order chi connectivity index (χ0) is 19.4. The molecule has 0 saturated carbocycles. The maximum Gasteiger partial charge on any atom is 0.226 e. The molecule has 9 heteroatoms. The van der Waals surface area contributed by atoms with Crippen LogP contribution in [0.15, 0.2) is 28.0 Å². The van der Waals surface area contributed by atoms with Gasteiger partial charge in [0.1, 0.15) is 5.75 Å². The molecule has 2 aromatic heterocycles. The van der Waals surface area contributed by atoms with Gasteiger partial charge in [0.05, 0.1) is 17.8 Å². The molecule has 2 heterocycles. The van der Waals surface area contributed by atoms with E-state index >= 15 is 0 Å². The minimum atomic E-state index is -0.159. The van der Waals surface area contributed by atoms with Crippen LogP contribution in [0.5, 0.6) is 5.75 Å². The number of hydrogen-bond acceptors (Lipinski definition) is 7. The minimum Gasteiger partial charge on any atom is -0.495 e. The molecule has 0 atom stereocenters. The highest BCUT2D eigenvalue weighted by Crippen LogP contribution is 2.31. The molecule has 0 saturated heterocycles. The van der Waals surface area contributed by atoms with Crippen LogP contribution in [0.3, 0.4) is 0 Å². The number of amides is 1. The summed E-state index contributed by atoms with van der Waals surface area (Å²) in [4.78, 5) is 16.6. The fourth-order valence-electron chi connectivity index (χ4n) is 2.29. The number of halogens is 1. The van der Waals surface area contributed by atoms with Crippen molar-refractivity contribution in [3.8, 4) is 17.0 Å². The Morgan fingerprint density at radius 1 is 1.37 bits per heavy atom. The highest BCUT2D eigenvalue weighted by atomic mass is 35.5. The molecule has 0 fully saturated rings. The molecule has 3 rings (SSSR count). The van der Waals surface area contributed by atoms with Gasteiger partial charge in [-0.3, -0.25) is 4.79 Å². The number of carbonyl (C=O) groups is 1. The molecule has 3 aromatic rings. The molecule has 0 radical (unpaired) electrons. The monoisotopic (exact) mass is 406 g/mol. The third kappa shape index (κ3) is 4.84. The van der Waals surface area contributed by atoms with Gasteiger partial charge in [0.25, 0.3) is 0 Å². The second-order valence-corrected chi connectivity index (χ2v) is 7.39. The summed E-state index contributed by atoms with van der Waals surface area (Å²) in [5.41, 5.74) is 1.59. The normalized spacial score (nSPS) is 11.0. The third-order valence-corrected chi connectivity index (χ3v) is 4.79. The Bertz CT molecular complexity index is 938. The molecule has 0 spiro atoms. The smallest absolute Gasteiger partial charge is 0.226 e. The van der Waals surface area contributed by atoms with Gasteiger partial charge in [0.15, 0.2) is 5.13 Å². The third-order valence-electron chi connectivity index (χ3n) is 3.74. The van der Waals surface area contributed by atoms with E-state index in [1.54, 1.807) is 19.2 Å². The van der Waals surface area contributed by atoms with Crippen LogP contribution in [0.1, 0.15) is 38.0 Å². The van der Waals surface area contributed by atoms with E-state index < -0.39 is 0 Å². The van der Waals surface area contributed by atoms with Crippen LogP contribution < -0.4 is 10.1 Å². The molecular formula is C18H19ClN4O3S. The molecule has 0 unspecified atom stereocenters. The first kappa shape index (κ1) is 19.3. The predicted octanol–water partition coefficient (Wildman–Crippen LogP) is 4.55. The van der Waals surface area contributed by atoms with E-state index in [1.165, 1.54) is 11.3 Å². The zero-order valence-corrected chi connectivity index (χ0v) is 16.7. The number of benzene rings is 1. The maximum absolute atomic E-state index is 12.1. The molecule has 0 aliphatic heterocycles. The van der Waals surface area contributed by atoms with Gasteiger partial charge < -0.3 is 14.5 Å². The SMILES string of the molecule is COc1ccc(-c2csc(NC(=O)CCc3nnc(C(C)C)o3)n2)cc1Cl. The van der Waals surface area contributed by atoms with Gasteiger partial charge in [-0.25, -0.2) is 4.98 Å². The first-order valence-corrected chi connectivity index (χ1v) is 9.63. The lowest BCUT2D eigenvalue weighted by Crippen LogP contribution is -2.12. The first-order chi connectivity index (χ1) is 13.0. The van der Waals surface area contributed by atoms with Gasteiger partial charge in [-0.15, -0.1) is 21.5 Å². The fourth-order valence-corrected chi connectivity index (χ4v) is 3.29. The summed E-state index contributed by atoms with van der Waals surface area (Å²) < 4.78 is 10.6. The van der Waals surface area contributed by atoms with Crippen molar-refractivity contribution in [2.24, 2.45) is 0 Å². The molecule has 1 amide bonds. The second-order valence-electron chi connectivity index (χ2n) is 6.12. The van der Waals surface area contributed by atoms with Crippen molar-refractivity contribution in [1.82, 2.24) is 15.2 Å². The topological polar surface area (TPSA) is 90.1 Å². The molecule has 0 aliphatic carbocycles. The predicted molar refractivity (Wildman–Crippen MR) is 104 cm³/mol. The summed E-state index contributed by atoms with van der Waals surface area (Å²) in [6.07, 6.45) is 0.626. The number of nitrogens with one attached hydrogen (secondary N) is 1. The van der Waals surface area contributed by atoms with Crippen LogP contribution in [0, 0.1) is 0 Å². The Balaban J connectivity index is 1.58. The summed E-state index contributed by atoms with van der Waals surface area (Å²) >= 11 is 7.50. The number of rotatable bonds is 7. The number of nitrogens with zero attached hydrogens (tertiary/aromatic N) is 3. The van der Waals surface area contributed by atoms with Gasteiger partial charge in [-0.05, 0) is 18.2 Å². The summed E-state index contributed by atoms with van der Waals surface area (Å²) in [5.74, 6) is 1.65. The molecule has 142 valence electrons. The van der Waals surface area contributed by atoms with Crippen molar-refractivity contribution >= 4 is 34.0 Å². The Morgan fingerprint density at radius 3 is 2.85 bits per heavy atom. The van der Waals surface area contributed by atoms with E-state index in [4.69, 9.17) is 20.8 Å². The Hall–Kier alpha value is -2.45. The standard InChI is InChI=1S/C18H19ClN4O3S/c1-10(2)17-23-22-16(26-17)7-6-15(24)21-18-20-13(9-27-18)11-4-5-14(25-3)12(19)8-11/h4-5,8-10H,6-7H2,1-3H3,(H,20,21,24). The number of methoxy groups -OCH3 is 1. The number of thiazole rings is 1. The van der Waals surface area contributed by atoms with Crippen molar-refractivity contribution < 1.29 is 13.9 Å². The molecular weight excluding hydrogens is 388 g/mol. The number of aromatic nitrogens is 3. The quantitative estimate of drug-likeness (QED) is 0.619. The van der Waals surface area contributed by atoms with Crippen molar-refractivity contribution in [3.63, 3.8) is 0 Å². The van der Waals surface area contributed by atoms with Crippen molar-refractivity contribution in [2.75, 3.05) is 12.4 Å². The second kappa shape index (κ2) is 8.49. The maximum atomic E-state index is 12.1. The van der Waals surface area contributed by atoms with Gasteiger partial charge in [0.2, 0.25) is 17.7 Å². The summed E-state index contributed by atoms with van der Waals surface area (Å²) in [6, 6.07) is 5.43. The van der Waals surface area contributed by atoms with Crippen LogP contribution in [0.4, 0.5) is 5.13 Å². The Kier molecular flexibility index (Phi) is 6.08. The van der Waals surface area contributed by atoms with Gasteiger partial charge in [0, 0.05) is 29.7 Å². The van der Waals surface area contributed by atoms with E-state index in [9.17, 15) is 4.79 Å². The lowest BCUT2D eigenvalue weighted by molar-refractivity contribution is -0.116. The van der Waals surface area contributed by atoms with Gasteiger partial charge >= 0.3 is 0 Å². The van der Waals surface area contributed by atoms with E-state index in [0.29, 0.717) is 34.1 Å². The average molecular weight is 407 g/mol. The molecule has 7 nitrogen and oxygen atoms in total. The first-order valence-electron chi connectivity index (χ1n) is 8.38. The number of carbonyl (C=O) groups excluding carboxylic acids is 1. The molecule has 1 aromatic carbocycles. The minimum absolute atomic E-state index is 0.159. The van der Waals surface area contributed by atoms with E-state index in [2.05, 4.69) is 20.5 Å². The van der Waals surface area contributed by atoms with Gasteiger partial charge in [-0.1, -0.05) is 25.4 Å². The van der Waals surface area contributed by atoms with Gasteiger partial charge in [-0.2, -0.15) is 0 Å². The van der Waals surface area contributed by atoms with Crippen molar-refractivity contribution in [1.29, 1.82) is 0 Å². The Labute approximate surface area is 165 Å². The highest BCUT2D eigenvalue weighted by molar-refractivity contribution is 7.14. The number of anilines is 1. The molecule has 0 aliphatic rings. The average Bonchev–Trinajstić information content (AvgIpc) is 3.29. The number of ether oxygens (including phenoxy) is 1. The highest BCUT2D eigenvalue weighted by Gasteiger charge is 2.13. The van der Waals surface area contributed by atoms with Crippen LogP contribution in [-0.2, 0) is 11.2 Å². The molecule has 1 N–H and O–H groups in total. The van der Waals surface area contributed by atoms with Crippen LogP contribution in [0.2, 0.25) is 5.02 Å². The fraction of sp³-hybridized carbons (Fsp3) is 0.333. The Morgan fingerprint density at radius 2 is 2.19 bits per heavy atom. The summed E-state index contributed by atoms with van der Waals surface area (Å²) in [5, 5.41) is 13.6. The van der Waals surface area contributed by atoms with Crippen molar-refractivity contribution in [3.05, 3.63) is 40.4 Å². The largest absolute Gasteiger partial charge is 0.495 e. The molecule has 0 bridgehead atoms. The lowest BCUT2D eigenvalue weighted by Gasteiger charge is -2.04. The zero-order valence-electron chi connectivity index (χ0n) is 15.2. The van der Waals surface area contributed by atoms with E-state index in [0.717, 1.165) is 11.3 Å². The number of aryl methyl sites for hydroxylation is 1.